The van der Waals surface area contributed by atoms with Crippen LogP contribution in [0.4, 0.5) is 11.4 Å². The lowest BCUT2D eigenvalue weighted by molar-refractivity contribution is 0.102. The van der Waals surface area contributed by atoms with Crippen LogP contribution in [0.5, 0.6) is 0 Å². The number of nitrogens with one attached hydrogen (secondary N) is 1. The predicted molar refractivity (Wildman–Crippen MR) is 119 cm³/mol. The van der Waals surface area contributed by atoms with Crippen LogP contribution in [0.1, 0.15) is 15.9 Å². The average Bonchev–Trinajstić information content (AvgIpc) is 3.11. The van der Waals surface area contributed by atoms with Crippen molar-refractivity contribution in [3.8, 4) is 10.6 Å². The van der Waals surface area contributed by atoms with Crippen molar-refractivity contribution in [2.75, 3.05) is 24.3 Å². The molecule has 1 aromatic heterocycles. The summed E-state index contributed by atoms with van der Waals surface area (Å²) >= 11 is 1.68. The molecule has 3 aromatic carbocycles. The molecule has 0 saturated heterocycles. The molecule has 0 fully saturated rings. The second-order valence-corrected chi connectivity index (χ2v) is 7.99. The minimum atomic E-state index is -0.117. The van der Waals surface area contributed by atoms with Crippen LogP contribution in [0, 0.1) is 6.92 Å². The molecule has 0 atom stereocenters. The molecule has 140 valence electrons. The van der Waals surface area contributed by atoms with Gasteiger partial charge < -0.3 is 10.2 Å². The van der Waals surface area contributed by atoms with Gasteiger partial charge in [-0.05, 0) is 73.2 Å². The van der Waals surface area contributed by atoms with E-state index >= 15 is 0 Å². The zero-order valence-corrected chi connectivity index (χ0v) is 16.9. The Morgan fingerprint density at radius 2 is 1.68 bits per heavy atom. The number of thiazole rings is 1. The van der Waals surface area contributed by atoms with E-state index in [0.29, 0.717) is 5.56 Å². The molecular formula is C23H21N3OS. The fourth-order valence-electron chi connectivity index (χ4n) is 2.97. The highest BCUT2D eigenvalue weighted by Gasteiger charge is 2.09. The molecule has 0 aliphatic carbocycles. The molecule has 0 aliphatic rings. The maximum absolute atomic E-state index is 12.5. The second kappa shape index (κ2) is 7.44. The highest BCUT2D eigenvalue weighted by Crippen LogP contribution is 2.31. The molecule has 0 bridgehead atoms. The lowest BCUT2D eigenvalue weighted by Gasteiger charge is -2.12. The van der Waals surface area contributed by atoms with Crippen molar-refractivity contribution in [1.29, 1.82) is 0 Å². The molecule has 5 heteroatoms. The van der Waals surface area contributed by atoms with Crippen LogP contribution in [0.3, 0.4) is 0 Å². The number of nitrogens with zero attached hydrogens (tertiary/aromatic N) is 2. The molecule has 1 heterocycles. The van der Waals surface area contributed by atoms with Crippen molar-refractivity contribution in [1.82, 2.24) is 4.98 Å². The van der Waals surface area contributed by atoms with E-state index in [1.54, 1.807) is 11.3 Å². The second-order valence-electron chi connectivity index (χ2n) is 6.96. The molecule has 0 spiro atoms. The fraction of sp³-hybridized carbons (Fsp3) is 0.130. The zero-order valence-electron chi connectivity index (χ0n) is 16.1. The molecule has 0 unspecified atom stereocenters. The molecule has 1 amide bonds. The first-order valence-electron chi connectivity index (χ1n) is 9.06. The van der Waals surface area contributed by atoms with Gasteiger partial charge in [-0.2, -0.15) is 0 Å². The number of aromatic nitrogens is 1. The van der Waals surface area contributed by atoms with Crippen molar-refractivity contribution in [2.24, 2.45) is 0 Å². The van der Waals surface area contributed by atoms with Crippen LogP contribution >= 0.6 is 11.3 Å². The molecular weight excluding hydrogens is 366 g/mol. The van der Waals surface area contributed by atoms with Crippen LogP contribution < -0.4 is 10.2 Å². The number of carbonyl (C=O) groups is 1. The van der Waals surface area contributed by atoms with Crippen LogP contribution in [-0.2, 0) is 0 Å². The quantitative estimate of drug-likeness (QED) is 0.496. The highest BCUT2D eigenvalue weighted by molar-refractivity contribution is 7.21. The number of amides is 1. The van der Waals surface area contributed by atoms with Crippen molar-refractivity contribution < 1.29 is 4.79 Å². The van der Waals surface area contributed by atoms with Gasteiger partial charge in [0.2, 0.25) is 0 Å². The van der Waals surface area contributed by atoms with Crippen molar-refractivity contribution in [3.63, 3.8) is 0 Å². The van der Waals surface area contributed by atoms with E-state index in [0.717, 1.165) is 27.5 Å². The van der Waals surface area contributed by atoms with Gasteiger partial charge in [0.1, 0.15) is 5.01 Å². The Kier molecular flexibility index (Phi) is 4.84. The van der Waals surface area contributed by atoms with E-state index in [1.165, 1.54) is 10.3 Å². The Bertz CT molecular complexity index is 1130. The number of benzene rings is 3. The van der Waals surface area contributed by atoms with Gasteiger partial charge in [-0.1, -0.05) is 6.07 Å². The maximum atomic E-state index is 12.5. The molecule has 0 saturated carbocycles. The van der Waals surface area contributed by atoms with E-state index < -0.39 is 0 Å². The molecule has 0 aliphatic heterocycles. The third-order valence-electron chi connectivity index (χ3n) is 4.58. The summed E-state index contributed by atoms with van der Waals surface area (Å²) in [7, 11) is 3.95. The Hall–Kier alpha value is -3.18. The highest BCUT2D eigenvalue weighted by atomic mass is 32.1. The van der Waals surface area contributed by atoms with E-state index in [-0.39, 0.29) is 5.91 Å². The van der Waals surface area contributed by atoms with Crippen LogP contribution in [0.25, 0.3) is 20.8 Å². The van der Waals surface area contributed by atoms with Gasteiger partial charge >= 0.3 is 0 Å². The third-order valence-corrected chi connectivity index (χ3v) is 5.65. The van der Waals surface area contributed by atoms with Crippen molar-refractivity contribution in [2.45, 2.75) is 6.92 Å². The van der Waals surface area contributed by atoms with Gasteiger partial charge in [-0.15, -0.1) is 11.3 Å². The smallest absolute Gasteiger partial charge is 0.255 e. The number of fused-ring (bicyclic) bond motifs is 1. The predicted octanol–water partition coefficient (Wildman–Crippen LogP) is 5.59. The first-order chi connectivity index (χ1) is 13.5. The normalized spacial score (nSPS) is 10.8. The molecule has 4 nitrogen and oxygen atoms in total. The number of hydrogen-bond acceptors (Lipinski definition) is 4. The van der Waals surface area contributed by atoms with Crippen molar-refractivity contribution in [3.05, 3.63) is 77.9 Å². The Morgan fingerprint density at radius 1 is 0.964 bits per heavy atom. The molecule has 28 heavy (non-hydrogen) atoms. The number of rotatable bonds is 4. The summed E-state index contributed by atoms with van der Waals surface area (Å²) in [6.07, 6.45) is 0. The molecule has 4 aromatic rings. The van der Waals surface area contributed by atoms with Gasteiger partial charge in [0, 0.05) is 36.6 Å². The summed E-state index contributed by atoms with van der Waals surface area (Å²) in [5.41, 5.74) is 5.77. The molecule has 1 N–H and O–H groups in total. The summed E-state index contributed by atoms with van der Waals surface area (Å²) < 4.78 is 1.19. The van der Waals surface area contributed by atoms with E-state index in [4.69, 9.17) is 4.98 Å². The molecule has 0 radical (unpaired) electrons. The Morgan fingerprint density at radius 3 is 2.36 bits per heavy atom. The van der Waals surface area contributed by atoms with Crippen LogP contribution in [0.15, 0.2) is 66.7 Å². The lowest BCUT2D eigenvalue weighted by Crippen LogP contribution is -2.13. The Labute approximate surface area is 168 Å². The van der Waals surface area contributed by atoms with Crippen molar-refractivity contribution >= 4 is 38.8 Å². The number of hydrogen-bond donors (Lipinski definition) is 1. The summed E-state index contributed by atoms with van der Waals surface area (Å²) in [5, 5.41) is 3.93. The largest absolute Gasteiger partial charge is 0.378 e. The third kappa shape index (κ3) is 3.75. The summed E-state index contributed by atoms with van der Waals surface area (Å²) in [6, 6.07) is 21.7. The number of aryl methyl sites for hydroxylation is 1. The van der Waals surface area contributed by atoms with Gasteiger partial charge in [-0.25, -0.2) is 4.98 Å². The zero-order chi connectivity index (χ0) is 19.7. The molecule has 4 rings (SSSR count). The summed E-state index contributed by atoms with van der Waals surface area (Å²) in [4.78, 5) is 19.2. The average molecular weight is 388 g/mol. The SMILES string of the molecule is Cc1ccc2nc(-c3ccc(NC(=O)c4ccc(N(C)C)cc4)cc3)sc2c1. The first-order valence-corrected chi connectivity index (χ1v) is 9.87. The standard InChI is InChI=1S/C23H21N3OS/c1-15-4-13-20-21(14-15)28-23(25-20)17-5-9-18(10-6-17)24-22(27)16-7-11-19(12-8-16)26(2)3/h4-14H,1-3H3,(H,24,27). The van der Waals surface area contributed by atoms with Gasteiger partial charge in [0.05, 0.1) is 10.2 Å². The topological polar surface area (TPSA) is 45.2 Å². The van der Waals surface area contributed by atoms with Crippen LogP contribution in [-0.4, -0.2) is 25.0 Å². The van der Waals surface area contributed by atoms with Gasteiger partial charge in [0.15, 0.2) is 0 Å². The first kappa shape index (κ1) is 18.2. The lowest BCUT2D eigenvalue weighted by atomic mass is 10.1. The van der Waals surface area contributed by atoms with E-state index in [1.807, 2.05) is 67.5 Å². The monoisotopic (exact) mass is 387 g/mol. The maximum Gasteiger partial charge on any atom is 0.255 e. The minimum Gasteiger partial charge on any atom is -0.378 e. The fourth-order valence-corrected chi connectivity index (χ4v) is 4.03. The summed E-state index contributed by atoms with van der Waals surface area (Å²) in [5.74, 6) is -0.117. The number of carbonyl (C=O) groups excluding carboxylic acids is 1. The van der Waals surface area contributed by atoms with E-state index in [9.17, 15) is 4.79 Å². The van der Waals surface area contributed by atoms with Gasteiger partial charge in [0.25, 0.3) is 5.91 Å². The Balaban J connectivity index is 1.50. The number of anilines is 2. The van der Waals surface area contributed by atoms with Gasteiger partial charge in [-0.3, -0.25) is 4.79 Å². The minimum absolute atomic E-state index is 0.117. The van der Waals surface area contributed by atoms with E-state index in [2.05, 4.69) is 30.4 Å². The van der Waals surface area contributed by atoms with Crippen LogP contribution in [0.2, 0.25) is 0 Å². The summed E-state index contributed by atoms with van der Waals surface area (Å²) in [6.45, 7) is 2.09.